The van der Waals surface area contributed by atoms with Crippen LogP contribution in [0, 0.1) is 6.92 Å². The van der Waals surface area contributed by atoms with E-state index in [0.717, 1.165) is 5.56 Å². The third-order valence-corrected chi connectivity index (χ3v) is 3.68. The fraction of sp³-hybridized carbons (Fsp3) is 0.0909. The summed E-state index contributed by atoms with van der Waals surface area (Å²) in [4.78, 5) is 7.72. The first-order valence-electron chi connectivity index (χ1n) is 5.05. The number of aromatic nitrogens is 2. The van der Waals surface area contributed by atoms with Gasteiger partial charge in [-0.15, -0.1) is 0 Å². The Kier molecular flexibility index (Phi) is 3.49. The van der Waals surface area contributed by atoms with Gasteiger partial charge in [0.1, 0.15) is 5.15 Å². The Morgan fingerprint density at radius 2 is 2.06 bits per heavy atom. The van der Waals surface area contributed by atoms with Gasteiger partial charge in [0.05, 0.1) is 4.90 Å². The lowest BCUT2D eigenvalue weighted by Gasteiger charge is -2.06. The smallest absolute Gasteiger partial charge is 0.247 e. The molecule has 0 radical (unpaired) electrons. The number of nitrogens with one attached hydrogen (secondary N) is 1. The molecule has 1 aromatic carbocycles. The van der Waals surface area contributed by atoms with Crippen molar-refractivity contribution in [2.45, 2.75) is 11.8 Å². The molecule has 2 aromatic rings. The van der Waals surface area contributed by atoms with Crippen molar-refractivity contribution in [3.63, 3.8) is 0 Å². The number of rotatable bonds is 3. The molecular weight excluding hydrogens is 274 g/mol. The van der Waals surface area contributed by atoms with Gasteiger partial charge in [-0.1, -0.05) is 23.7 Å². The van der Waals surface area contributed by atoms with Crippen LogP contribution < -0.4 is 4.72 Å². The molecule has 0 saturated heterocycles. The highest BCUT2D eigenvalue weighted by molar-refractivity contribution is 7.92. The van der Waals surface area contributed by atoms with Gasteiger partial charge in [-0.25, -0.2) is 23.1 Å². The molecule has 18 heavy (non-hydrogen) atoms. The van der Waals surface area contributed by atoms with E-state index in [4.69, 9.17) is 11.6 Å². The molecule has 0 aliphatic rings. The molecule has 94 valence electrons. The molecule has 0 amide bonds. The number of nitrogens with zero attached hydrogens (tertiary/aromatic N) is 2. The summed E-state index contributed by atoms with van der Waals surface area (Å²) in [5, 5.41) is 0.173. The van der Waals surface area contributed by atoms with Gasteiger partial charge in [0, 0.05) is 6.20 Å². The first kappa shape index (κ1) is 12.8. The minimum absolute atomic E-state index is 0.0518. The van der Waals surface area contributed by atoms with Crippen LogP contribution in [0.2, 0.25) is 5.15 Å². The summed E-state index contributed by atoms with van der Waals surface area (Å²) in [5.41, 5.74) is 0.852. The maximum Gasteiger partial charge on any atom is 0.264 e. The van der Waals surface area contributed by atoms with Crippen molar-refractivity contribution < 1.29 is 8.42 Å². The maximum atomic E-state index is 12.0. The molecule has 2 rings (SSSR count). The lowest BCUT2D eigenvalue weighted by molar-refractivity contribution is 0.600. The van der Waals surface area contributed by atoms with Crippen LogP contribution in [0.5, 0.6) is 0 Å². The quantitative estimate of drug-likeness (QED) is 0.877. The van der Waals surface area contributed by atoms with Crippen LogP contribution in [0.3, 0.4) is 0 Å². The van der Waals surface area contributed by atoms with E-state index < -0.39 is 10.0 Å². The van der Waals surface area contributed by atoms with Crippen LogP contribution in [0.25, 0.3) is 0 Å². The predicted molar refractivity (Wildman–Crippen MR) is 69.0 cm³/mol. The van der Waals surface area contributed by atoms with E-state index in [2.05, 4.69) is 14.7 Å². The second kappa shape index (κ2) is 4.91. The zero-order valence-electron chi connectivity index (χ0n) is 9.46. The first-order chi connectivity index (χ1) is 8.47. The molecule has 0 fully saturated rings. The van der Waals surface area contributed by atoms with Gasteiger partial charge in [0.25, 0.3) is 10.0 Å². The lowest BCUT2D eigenvalue weighted by Crippen LogP contribution is -2.15. The second-order valence-electron chi connectivity index (χ2n) is 3.62. The minimum atomic E-state index is -3.69. The van der Waals surface area contributed by atoms with Crippen LogP contribution in [0.1, 0.15) is 5.56 Å². The van der Waals surface area contributed by atoms with Crippen LogP contribution in [-0.4, -0.2) is 18.4 Å². The molecule has 0 spiro atoms. The van der Waals surface area contributed by atoms with Crippen LogP contribution in [-0.2, 0) is 10.0 Å². The summed E-state index contributed by atoms with van der Waals surface area (Å²) >= 11 is 5.66. The zero-order valence-corrected chi connectivity index (χ0v) is 11.0. The molecule has 0 unspecified atom stereocenters. The van der Waals surface area contributed by atoms with E-state index in [1.165, 1.54) is 18.3 Å². The highest BCUT2D eigenvalue weighted by atomic mass is 35.5. The van der Waals surface area contributed by atoms with Crippen molar-refractivity contribution in [1.82, 2.24) is 9.97 Å². The van der Waals surface area contributed by atoms with Crippen molar-refractivity contribution >= 4 is 27.6 Å². The van der Waals surface area contributed by atoms with Crippen molar-refractivity contribution in [2.24, 2.45) is 0 Å². The number of hydrogen-bond acceptors (Lipinski definition) is 4. The van der Waals surface area contributed by atoms with Crippen LogP contribution in [0.4, 0.5) is 5.95 Å². The van der Waals surface area contributed by atoms with Crippen molar-refractivity contribution in [1.29, 1.82) is 0 Å². The largest absolute Gasteiger partial charge is 0.264 e. The molecule has 1 heterocycles. The molecule has 0 bridgehead atoms. The summed E-state index contributed by atoms with van der Waals surface area (Å²) in [7, 11) is -3.69. The topological polar surface area (TPSA) is 72.0 Å². The first-order valence-corrected chi connectivity index (χ1v) is 6.91. The van der Waals surface area contributed by atoms with E-state index in [9.17, 15) is 8.42 Å². The van der Waals surface area contributed by atoms with Crippen molar-refractivity contribution in [3.05, 3.63) is 47.2 Å². The minimum Gasteiger partial charge on any atom is -0.247 e. The Morgan fingerprint density at radius 1 is 1.28 bits per heavy atom. The highest BCUT2D eigenvalue weighted by Gasteiger charge is 2.15. The lowest BCUT2D eigenvalue weighted by atomic mass is 10.2. The maximum absolute atomic E-state index is 12.0. The van der Waals surface area contributed by atoms with Gasteiger partial charge in [-0.05, 0) is 30.7 Å². The van der Waals surface area contributed by atoms with Crippen molar-refractivity contribution in [3.8, 4) is 0 Å². The van der Waals surface area contributed by atoms with Gasteiger partial charge >= 0.3 is 0 Å². The van der Waals surface area contributed by atoms with E-state index in [0.29, 0.717) is 0 Å². The average molecular weight is 284 g/mol. The standard InChI is InChI=1S/C11H10ClN3O2S/c1-8-3-2-4-9(7-8)18(16,17)15-11-13-6-5-10(12)14-11/h2-7H,1H3,(H,13,14,15). The zero-order chi connectivity index (χ0) is 13.2. The Hall–Kier alpha value is -1.66. The van der Waals surface area contributed by atoms with Crippen LogP contribution >= 0.6 is 11.6 Å². The SMILES string of the molecule is Cc1cccc(S(=O)(=O)Nc2nccc(Cl)n2)c1. The number of aryl methyl sites for hydroxylation is 1. The molecular formula is C11H10ClN3O2S. The monoisotopic (exact) mass is 283 g/mol. The number of hydrogen-bond donors (Lipinski definition) is 1. The van der Waals surface area contributed by atoms with Gasteiger partial charge < -0.3 is 0 Å². The number of sulfonamides is 1. The third-order valence-electron chi connectivity index (χ3n) is 2.15. The molecule has 5 nitrogen and oxygen atoms in total. The second-order valence-corrected chi connectivity index (χ2v) is 5.69. The summed E-state index contributed by atoms with van der Waals surface area (Å²) in [6.45, 7) is 1.81. The van der Waals surface area contributed by atoms with E-state index in [-0.39, 0.29) is 16.0 Å². The number of anilines is 1. The molecule has 0 aliphatic heterocycles. The number of halogens is 1. The third kappa shape index (κ3) is 2.96. The Labute approximate surface area is 110 Å². The molecule has 0 saturated carbocycles. The van der Waals surface area contributed by atoms with Crippen LogP contribution in [0.15, 0.2) is 41.4 Å². The van der Waals surface area contributed by atoms with E-state index >= 15 is 0 Å². The Morgan fingerprint density at radius 3 is 2.72 bits per heavy atom. The molecule has 1 aromatic heterocycles. The normalized spacial score (nSPS) is 11.2. The molecule has 0 atom stereocenters. The number of benzene rings is 1. The predicted octanol–water partition coefficient (Wildman–Crippen LogP) is 2.24. The van der Waals surface area contributed by atoms with E-state index in [1.54, 1.807) is 12.1 Å². The van der Waals surface area contributed by atoms with E-state index in [1.807, 2.05) is 13.0 Å². The Balaban J connectivity index is 2.33. The summed E-state index contributed by atoms with van der Waals surface area (Å²) in [5.74, 6) is -0.0518. The molecule has 0 aliphatic carbocycles. The average Bonchev–Trinajstić information content (AvgIpc) is 2.28. The molecule has 7 heteroatoms. The highest BCUT2D eigenvalue weighted by Crippen LogP contribution is 2.15. The van der Waals surface area contributed by atoms with Gasteiger partial charge in [-0.2, -0.15) is 0 Å². The molecule has 1 N–H and O–H groups in total. The Bertz CT molecular complexity index is 673. The van der Waals surface area contributed by atoms with Crippen molar-refractivity contribution in [2.75, 3.05) is 4.72 Å². The van der Waals surface area contributed by atoms with Gasteiger partial charge in [0.15, 0.2) is 0 Å². The fourth-order valence-electron chi connectivity index (χ4n) is 1.35. The summed E-state index contributed by atoms with van der Waals surface area (Å²) < 4.78 is 26.3. The fourth-order valence-corrected chi connectivity index (χ4v) is 2.54. The summed E-state index contributed by atoms with van der Waals surface area (Å²) in [6, 6.07) is 8.01. The van der Waals surface area contributed by atoms with Gasteiger partial charge in [-0.3, -0.25) is 0 Å². The summed E-state index contributed by atoms with van der Waals surface area (Å²) in [6.07, 6.45) is 1.38. The van der Waals surface area contributed by atoms with Gasteiger partial charge in [0.2, 0.25) is 5.95 Å².